The Morgan fingerprint density at radius 1 is 1.50 bits per heavy atom. The average Bonchev–Trinajstić information content (AvgIpc) is 2.77. The Kier molecular flexibility index (Phi) is 4.11. The lowest BCUT2D eigenvalue weighted by Crippen LogP contribution is -2.10. The molecule has 0 amide bonds. The van der Waals surface area contributed by atoms with Crippen molar-refractivity contribution in [1.82, 2.24) is 0 Å². The summed E-state index contributed by atoms with van der Waals surface area (Å²) in [4.78, 5) is 0. The number of rotatable bonds is 7. The molecular formula is C12H23NO. The molecule has 1 aliphatic carbocycles. The maximum absolute atomic E-state index is 7.46. The topological polar surface area (TPSA) is 33.1 Å². The minimum absolute atomic E-state index is 0.537. The van der Waals surface area contributed by atoms with E-state index in [1.807, 2.05) is 6.92 Å². The fraction of sp³-hybridized carbons (Fsp3) is 0.917. The predicted molar refractivity (Wildman–Crippen MR) is 60.0 cm³/mol. The van der Waals surface area contributed by atoms with Crippen LogP contribution in [0.5, 0.6) is 0 Å². The van der Waals surface area contributed by atoms with Crippen molar-refractivity contribution in [2.45, 2.75) is 46.5 Å². The quantitative estimate of drug-likeness (QED) is 0.624. The van der Waals surface area contributed by atoms with Gasteiger partial charge in [-0.25, -0.2) is 0 Å². The van der Waals surface area contributed by atoms with Gasteiger partial charge in [-0.05, 0) is 30.6 Å². The van der Waals surface area contributed by atoms with Crippen LogP contribution < -0.4 is 0 Å². The van der Waals surface area contributed by atoms with Crippen LogP contribution in [0.3, 0.4) is 0 Å². The summed E-state index contributed by atoms with van der Waals surface area (Å²) in [5, 5.41) is 7.46. The zero-order valence-electron chi connectivity index (χ0n) is 9.73. The van der Waals surface area contributed by atoms with Gasteiger partial charge in [0.1, 0.15) is 0 Å². The molecule has 1 saturated carbocycles. The van der Waals surface area contributed by atoms with Crippen LogP contribution in [0.15, 0.2) is 0 Å². The number of hydrogen-bond acceptors (Lipinski definition) is 2. The molecule has 0 aromatic rings. The van der Waals surface area contributed by atoms with Crippen LogP contribution in [0.1, 0.15) is 46.5 Å². The standard InChI is InChI=1S/C12H23NO/c1-4-6-12(3)7-10(12)8-14-9-11(13)5-2/h10,13H,4-9H2,1-3H3. The van der Waals surface area contributed by atoms with Gasteiger partial charge >= 0.3 is 0 Å². The largest absolute Gasteiger partial charge is 0.375 e. The molecule has 0 radical (unpaired) electrons. The molecule has 0 saturated heterocycles. The van der Waals surface area contributed by atoms with Crippen molar-refractivity contribution in [3.05, 3.63) is 0 Å². The van der Waals surface area contributed by atoms with Crippen LogP contribution in [-0.4, -0.2) is 18.9 Å². The first kappa shape index (κ1) is 11.7. The molecule has 1 N–H and O–H groups in total. The Morgan fingerprint density at radius 3 is 2.79 bits per heavy atom. The van der Waals surface area contributed by atoms with E-state index < -0.39 is 0 Å². The lowest BCUT2D eigenvalue weighted by molar-refractivity contribution is 0.146. The molecule has 0 aromatic heterocycles. The highest BCUT2D eigenvalue weighted by Crippen LogP contribution is 2.55. The van der Waals surface area contributed by atoms with E-state index in [2.05, 4.69) is 13.8 Å². The minimum atomic E-state index is 0.537. The van der Waals surface area contributed by atoms with Crippen LogP contribution in [0.2, 0.25) is 0 Å². The van der Waals surface area contributed by atoms with Gasteiger partial charge in [0.05, 0.1) is 13.2 Å². The van der Waals surface area contributed by atoms with Gasteiger partial charge in [-0.3, -0.25) is 0 Å². The zero-order chi connectivity index (χ0) is 10.6. The highest BCUT2D eigenvalue weighted by Gasteiger charge is 2.48. The van der Waals surface area contributed by atoms with Gasteiger partial charge < -0.3 is 10.1 Å². The van der Waals surface area contributed by atoms with Crippen molar-refractivity contribution in [2.24, 2.45) is 11.3 Å². The van der Waals surface area contributed by atoms with Gasteiger partial charge in [-0.1, -0.05) is 27.2 Å². The predicted octanol–water partition coefficient (Wildman–Crippen LogP) is 3.26. The van der Waals surface area contributed by atoms with Crippen LogP contribution >= 0.6 is 0 Å². The minimum Gasteiger partial charge on any atom is -0.375 e. The highest BCUT2D eigenvalue weighted by molar-refractivity contribution is 5.82. The molecular weight excluding hydrogens is 174 g/mol. The summed E-state index contributed by atoms with van der Waals surface area (Å²) >= 11 is 0. The van der Waals surface area contributed by atoms with E-state index in [0.717, 1.165) is 18.9 Å². The lowest BCUT2D eigenvalue weighted by atomic mass is 10.0. The van der Waals surface area contributed by atoms with E-state index in [1.165, 1.54) is 19.3 Å². The number of nitrogens with one attached hydrogen (secondary N) is 1. The smallest absolute Gasteiger partial charge is 0.0841 e. The Bertz CT molecular complexity index is 202. The number of hydrogen-bond donors (Lipinski definition) is 1. The molecule has 0 aliphatic heterocycles. The molecule has 2 nitrogen and oxygen atoms in total. The summed E-state index contributed by atoms with van der Waals surface area (Å²) < 4.78 is 5.53. The summed E-state index contributed by atoms with van der Waals surface area (Å²) in [5.41, 5.74) is 1.27. The highest BCUT2D eigenvalue weighted by atomic mass is 16.5. The van der Waals surface area contributed by atoms with E-state index in [9.17, 15) is 0 Å². The first-order valence-electron chi connectivity index (χ1n) is 5.76. The molecule has 2 unspecified atom stereocenters. The average molecular weight is 197 g/mol. The van der Waals surface area contributed by atoms with Gasteiger partial charge in [0.15, 0.2) is 0 Å². The fourth-order valence-corrected chi connectivity index (χ4v) is 2.07. The molecule has 1 fully saturated rings. The SMILES string of the molecule is CCCC1(C)CC1COCC(=N)CC. The monoisotopic (exact) mass is 197 g/mol. The van der Waals surface area contributed by atoms with E-state index in [4.69, 9.17) is 10.1 Å². The molecule has 2 heteroatoms. The van der Waals surface area contributed by atoms with Gasteiger partial charge in [0.2, 0.25) is 0 Å². The number of ether oxygens (including phenoxy) is 1. The van der Waals surface area contributed by atoms with Crippen molar-refractivity contribution in [1.29, 1.82) is 5.41 Å². The summed E-state index contributed by atoms with van der Waals surface area (Å²) in [6, 6.07) is 0. The Labute approximate surface area is 87.5 Å². The lowest BCUT2D eigenvalue weighted by Gasteiger charge is -2.09. The van der Waals surface area contributed by atoms with Gasteiger partial charge in [-0.15, -0.1) is 0 Å². The first-order valence-corrected chi connectivity index (χ1v) is 5.76. The van der Waals surface area contributed by atoms with Crippen molar-refractivity contribution >= 4 is 5.71 Å². The van der Waals surface area contributed by atoms with Crippen LogP contribution in [0.4, 0.5) is 0 Å². The molecule has 0 aromatic carbocycles. The van der Waals surface area contributed by atoms with E-state index in [0.29, 0.717) is 17.7 Å². The summed E-state index contributed by atoms with van der Waals surface area (Å²) in [6.45, 7) is 8.00. The summed E-state index contributed by atoms with van der Waals surface area (Å²) in [5.74, 6) is 0.757. The van der Waals surface area contributed by atoms with Crippen LogP contribution in [0.25, 0.3) is 0 Å². The Morgan fingerprint density at radius 2 is 2.21 bits per heavy atom. The van der Waals surface area contributed by atoms with Crippen molar-refractivity contribution in [3.8, 4) is 0 Å². The molecule has 0 heterocycles. The summed E-state index contributed by atoms with van der Waals surface area (Å²) in [7, 11) is 0. The van der Waals surface area contributed by atoms with Crippen molar-refractivity contribution in [2.75, 3.05) is 13.2 Å². The maximum atomic E-state index is 7.46. The molecule has 2 atom stereocenters. The molecule has 0 bridgehead atoms. The first-order chi connectivity index (χ1) is 6.62. The maximum Gasteiger partial charge on any atom is 0.0841 e. The van der Waals surface area contributed by atoms with E-state index >= 15 is 0 Å². The molecule has 14 heavy (non-hydrogen) atoms. The second-order valence-electron chi connectivity index (χ2n) is 4.78. The Balaban J connectivity index is 2.08. The van der Waals surface area contributed by atoms with Crippen molar-refractivity contribution in [3.63, 3.8) is 0 Å². The van der Waals surface area contributed by atoms with Gasteiger partial charge in [0, 0.05) is 5.71 Å². The van der Waals surface area contributed by atoms with Crippen molar-refractivity contribution < 1.29 is 4.74 Å². The van der Waals surface area contributed by atoms with Crippen LogP contribution in [0, 0.1) is 16.7 Å². The fourth-order valence-electron chi connectivity index (χ4n) is 2.07. The normalized spacial score (nSPS) is 30.4. The molecule has 1 rings (SSSR count). The second kappa shape index (κ2) is 4.92. The summed E-state index contributed by atoms with van der Waals surface area (Å²) in [6.07, 6.45) is 4.74. The van der Waals surface area contributed by atoms with Crippen LogP contribution in [-0.2, 0) is 4.74 Å². The van der Waals surface area contributed by atoms with Gasteiger partial charge in [0.25, 0.3) is 0 Å². The zero-order valence-corrected chi connectivity index (χ0v) is 9.73. The molecule has 0 spiro atoms. The Hall–Kier alpha value is -0.370. The second-order valence-corrected chi connectivity index (χ2v) is 4.78. The van der Waals surface area contributed by atoms with E-state index in [-0.39, 0.29) is 0 Å². The third-order valence-corrected chi connectivity index (χ3v) is 3.38. The molecule has 1 aliphatic rings. The van der Waals surface area contributed by atoms with Gasteiger partial charge in [-0.2, -0.15) is 0 Å². The third kappa shape index (κ3) is 3.09. The van der Waals surface area contributed by atoms with E-state index in [1.54, 1.807) is 0 Å². The third-order valence-electron chi connectivity index (χ3n) is 3.38. The molecule has 82 valence electrons.